The van der Waals surface area contributed by atoms with E-state index in [4.69, 9.17) is 14.4 Å². The molecule has 7 nitrogen and oxygen atoms in total. The summed E-state index contributed by atoms with van der Waals surface area (Å²) in [7, 11) is 0. The van der Waals surface area contributed by atoms with Gasteiger partial charge in [-0.15, -0.1) is 0 Å². The van der Waals surface area contributed by atoms with Gasteiger partial charge in [-0.05, 0) is 55.8 Å². The lowest BCUT2D eigenvalue weighted by Crippen LogP contribution is -2.19. The van der Waals surface area contributed by atoms with Crippen LogP contribution in [0.15, 0.2) is 76.1 Å². The summed E-state index contributed by atoms with van der Waals surface area (Å²) < 4.78 is 9.29. The monoisotopic (exact) mass is 407 g/mol. The fraction of sp³-hybridized carbons (Fsp3) is 0.0833. The van der Waals surface area contributed by atoms with Gasteiger partial charge in [-0.3, -0.25) is 9.20 Å². The largest absolute Gasteiger partial charge is 0.461 e. The summed E-state index contributed by atoms with van der Waals surface area (Å²) in [5, 5.41) is 5.00. The Hall–Kier alpha value is -4.26. The van der Waals surface area contributed by atoms with Crippen molar-refractivity contribution in [2.45, 2.75) is 13.8 Å². The van der Waals surface area contributed by atoms with E-state index in [1.807, 2.05) is 72.0 Å². The van der Waals surface area contributed by atoms with Gasteiger partial charge < -0.3 is 4.42 Å². The minimum Gasteiger partial charge on any atom is -0.461 e. The maximum atomic E-state index is 13.3. The van der Waals surface area contributed by atoms with Gasteiger partial charge in [0.25, 0.3) is 0 Å². The summed E-state index contributed by atoms with van der Waals surface area (Å²) in [6.07, 6.45) is 1.60. The lowest BCUT2D eigenvalue weighted by Gasteiger charge is -2.13. The number of rotatable bonds is 2. The van der Waals surface area contributed by atoms with Gasteiger partial charge in [0.05, 0.1) is 23.0 Å². The van der Waals surface area contributed by atoms with Crippen molar-refractivity contribution in [3.8, 4) is 17.3 Å². The van der Waals surface area contributed by atoms with Gasteiger partial charge in [-0.1, -0.05) is 24.3 Å². The molecule has 6 rings (SSSR count). The SMILES string of the molecule is Cc1cccc(-n2nc(C)c(=O)c3c2nc(-c2ccco2)n2c4ccccc4nc32)c1. The maximum absolute atomic E-state index is 13.3. The van der Waals surface area contributed by atoms with Crippen molar-refractivity contribution in [3.05, 3.63) is 88.4 Å². The molecule has 0 atom stereocenters. The predicted molar refractivity (Wildman–Crippen MR) is 119 cm³/mol. The van der Waals surface area contributed by atoms with Gasteiger partial charge in [0.15, 0.2) is 22.9 Å². The van der Waals surface area contributed by atoms with E-state index in [0.717, 1.165) is 22.3 Å². The van der Waals surface area contributed by atoms with Crippen molar-refractivity contribution in [2.24, 2.45) is 0 Å². The molecule has 0 aliphatic rings. The zero-order valence-electron chi connectivity index (χ0n) is 16.9. The Labute approximate surface area is 176 Å². The number of nitrogens with zero attached hydrogens (tertiary/aromatic N) is 5. The summed E-state index contributed by atoms with van der Waals surface area (Å²) in [5.41, 5.74) is 4.72. The first-order chi connectivity index (χ1) is 15.1. The Morgan fingerprint density at radius 3 is 2.58 bits per heavy atom. The van der Waals surface area contributed by atoms with Crippen molar-refractivity contribution in [2.75, 3.05) is 0 Å². The lowest BCUT2D eigenvalue weighted by atomic mass is 10.2. The average Bonchev–Trinajstić information content (AvgIpc) is 3.43. The third-order valence-corrected chi connectivity index (χ3v) is 5.43. The maximum Gasteiger partial charge on any atom is 0.216 e. The first-order valence-electron chi connectivity index (χ1n) is 9.93. The van der Waals surface area contributed by atoms with E-state index < -0.39 is 0 Å². The molecule has 0 saturated carbocycles. The first kappa shape index (κ1) is 17.6. The van der Waals surface area contributed by atoms with Crippen LogP contribution in [0, 0.1) is 13.8 Å². The molecule has 0 fully saturated rings. The summed E-state index contributed by atoms with van der Waals surface area (Å²) >= 11 is 0. The quantitative estimate of drug-likeness (QED) is 0.424. The fourth-order valence-electron chi connectivity index (χ4n) is 4.01. The highest BCUT2D eigenvalue weighted by atomic mass is 16.3. The fourth-order valence-corrected chi connectivity index (χ4v) is 4.01. The number of aromatic nitrogens is 5. The zero-order valence-corrected chi connectivity index (χ0v) is 16.9. The molecule has 7 heteroatoms. The Morgan fingerprint density at radius 1 is 0.903 bits per heavy atom. The number of hydrogen-bond acceptors (Lipinski definition) is 5. The van der Waals surface area contributed by atoms with Crippen LogP contribution in [0.1, 0.15) is 11.3 Å². The van der Waals surface area contributed by atoms with Crippen LogP contribution >= 0.6 is 0 Å². The second-order valence-electron chi connectivity index (χ2n) is 7.54. The molecule has 0 bridgehead atoms. The number of fused-ring (bicyclic) bond motifs is 5. The van der Waals surface area contributed by atoms with E-state index in [-0.39, 0.29) is 5.43 Å². The Morgan fingerprint density at radius 2 is 1.77 bits per heavy atom. The van der Waals surface area contributed by atoms with Crippen LogP contribution in [0.2, 0.25) is 0 Å². The topological polar surface area (TPSA) is 78.2 Å². The van der Waals surface area contributed by atoms with Gasteiger partial charge in [0, 0.05) is 0 Å². The van der Waals surface area contributed by atoms with E-state index in [1.165, 1.54) is 0 Å². The van der Waals surface area contributed by atoms with Gasteiger partial charge >= 0.3 is 0 Å². The van der Waals surface area contributed by atoms with Crippen molar-refractivity contribution in [3.63, 3.8) is 0 Å². The highest BCUT2D eigenvalue weighted by Crippen LogP contribution is 2.29. The molecule has 31 heavy (non-hydrogen) atoms. The molecule has 0 N–H and O–H groups in total. The molecule has 0 unspecified atom stereocenters. The molecule has 0 radical (unpaired) electrons. The van der Waals surface area contributed by atoms with Gasteiger partial charge in [-0.2, -0.15) is 5.10 Å². The third-order valence-electron chi connectivity index (χ3n) is 5.43. The van der Waals surface area contributed by atoms with Crippen LogP contribution in [-0.2, 0) is 0 Å². The predicted octanol–water partition coefficient (Wildman–Crippen LogP) is 4.46. The summed E-state index contributed by atoms with van der Waals surface area (Å²) in [6, 6.07) is 19.3. The van der Waals surface area contributed by atoms with Crippen LogP contribution < -0.4 is 5.43 Å². The van der Waals surface area contributed by atoms with Crippen LogP contribution in [0.3, 0.4) is 0 Å². The normalized spacial score (nSPS) is 11.7. The highest BCUT2D eigenvalue weighted by molar-refractivity contribution is 5.97. The number of furan rings is 1. The Bertz CT molecular complexity index is 1680. The Kier molecular flexibility index (Phi) is 3.61. The molecule has 0 aliphatic heterocycles. The smallest absolute Gasteiger partial charge is 0.216 e. The van der Waals surface area contributed by atoms with Crippen molar-refractivity contribution in [1.29, 1.82) is 0 Å². The molecule has 0 saturated heterocycles. The first-order valence-corrected chi connectivity index (χ1v) is 9.93. The molecular weight excluding hydrogens is 390 g/mol. The second-order valence-corrected chi connectivity index (χ2v) is 7.54. The molecule has 6 aromatic rings. The lowest BCUT2D eigenvalue weighted by molar-refractivity contribution is 0.576. The number of aryl methyl sites for hydroxylation is 2. The average molecular weight is 407 g/mol. The van der Waals surface area contributed by atoms with Crippen molar-refractivity contribution >= 4 is 27.7 Å². The molecule has 4 heterocycles. The van der Waals surface area contributed by atoms with E-state index >= 15 is 0 Å². The summed E-state index contributed by atoms with van der Waals surface area (Å²) in [5.74, 6) is 1.14. The van der Waals surface area contributed by atoms with E-state index in [9.17, 15) is 4.79 Å². The summed E-state index contributed by atoms with van der Waals surface area (Å²) in [4.78, 5) is 23.0. The van der Waals surface area contributed by atoms with Crippen LogP contribution in [0.5, 0.6) is 0 Å². The number of benzene rings is 2. The minimum absolute atomic E-state index is 0.183. The zero-order chi connectivity index (χ0) is 21.1. The highest BCUT2D eigenvalue weighted by Gasteiger charge is 2.22. The van der Waals surface area contributed by atoms with Crippen molar-refractivity contribution < 1.29 is 4.42 Å². The minimum atomic E-state index is -0.183. The molecule has 0 aliphatic carbocycles. The molecular formula is C24H17N5O2. The van der Waals surface area contributed by atoms with Crippen LogP contribution in [0.25, 0.3) is 45.0 Å². The standard InChI is InChI=1S/C24H17N5O2/c1-14-7-5-8-16(13-14)29-24-20(21(30)15(2)27-29)23-25-17-9-3-4-10-18(17)28(23)22(26-24)19-11-6-12-31-19/h3-13H,1-2H3. The second kappa shape index (κ2) is 6.37. The molecule has 2 aromatic carbocycles. The third kappa shape index (κ3) is 2.53. The number of para-hydroxylation sites is 2. The van der Waals surface area contributed by atoms with E-state index in [1.54, 1.807) is 17.9 Å². The number of hydrogen-bond donors (Lipinski definition) is 0. The molecule has 4 aromatic heterocycles. The molecule has 150 valence electrons. The Balaban J connectivity index is 1.88. The van der Waals surface area contributed by atoms with Gasteiger partial charge in [0.1, 0.15) is 11.1 Å². The van der Waals surface area contributed by atoms with E-state index in [2.05, 4.69) is 5.10 Å². The molecule has 0 amide bonds. The van der Waals surface area contributed by atoms with E-state index in [0.29, 0.717) is 34.0 Å². The van der Waals surface area contributed by atoms with Crippen LogP contribution in [0.4, 0.5) is 0 Å². The van der Waals surface area contributed by atoms with Crippen LogP contribution in [-0.4, -0.2) is 24.1 Å². The van der Waals surface area contributed by atoms with Gasteiger partial charge in [0.2, 0.25) is 5.43 Å². The molecule has 0 spiro atoms. The van der Waals surface area contributed by atoms with Gasteiger partial charge in [-0.25, -0.2) is 14.6 Å². The summed E-state index contributed by atoms with van der Waals surface area (Å²) in [6.45, 7) is 3.73. The van der Waals surface area contributed by atoms with Crippen molar-refractivity contribution in [1.82, 2.24) is 24.1 Å². The number of imidazole rings is 1.